The molecule has 6 nitrogen and oxygen atoms in total. The topological polar surface area (TPSA) is 77.0 Å². The zero-order valence-corrected chi connectivity index (χ0v) is 20.0. The lowest BCUT2D eigenvalue weighted by Gasteiger charge is -2.24. The number of hydrogen-bond acceptors (Lipinski definition) is 6. The maximum absolute atomic E-state index is 15.5. The first-order chi connectivity index (χ1) is 16.6. The molecule has 1 aliphatic rings. The second kappa shape index (κ2) is 10.3. The van der Waals surface area contributed by atoms with Crippen molar-refractivity contribution in [3.05, 3.63) is 58.4 Å². The zero-order valence-electron chi connectivity index (χ0n) is 19.2. The van der Waals surface area contributed by atoms with Gasteiger partial charge in [-0.05, 0) is 51.7 Å². The summed E-state index contributed by atoms with van der Waals surface area (Å²) >= 11 is 1.30. The zero-order chi connectivity index (χ0) is 25.2. The molecular weight excluding hydrogens is 484 g/mol. The smallest absolute Gasteiger partial charge is 0.451 e. The molecule has 1 fully saturated rings. The van der Waals surface area contributed by atoms with Crippen LogP contribution in [0.2, 0.25) is 0 Å². The van der Waals surface area contributed by atoms with Crippen LogP contribution in [0.4, 0.5) is 17.6 Å². The van der Waals surface area contributed by atoms with Gasteiger partial charge in [0.05, 0.1) is 23.3 Å². The van der Waals surface area contributed by atoms with E-state index < -0.39 is 29.8 Å². The van der Waals surface area contributed by atoms with Crippen molar-refractivity contribution >= 4 is 17.2 Å². The number of ether oxygens (including phenoxy) is 1. The number of thiazole rings is 1. The van der Waals surface area contributed by atoms with Gasteiger partial charge in [-0.15, -0.1) is 11.3 Å². The molecule has 1 N–H and O–H groups in total. The van der Waals surface area contributed by atoms with Gasteiger partial charge in [-0.25, -0.2) is 19.3 Å². The predicted octanol–water partition coefficient (Wildman–Crippen LogP) is 6.27. The number of benzene rings is 1. The molecule has 0 radical (unpaired) electrons. The summed E-state index contributed by atoms with van der Waals surface area (Å²) in [7, 11) is 0. The molecule has 0 bridgehead atoms. The molecule has 2 aromatic heterocycles. The Kier molecular flexibility index (Phi) is 7.34. The number of rotatable bonds is 6. The Morgan fingerprint density at radius 1 is 1.11 bits per heavy atom. The van der Waals surface area contributed by atoms with E-state index in [0.717, 1.165) is 49.4 Å². The monoisotopic (exact) mass is 508 g/mol. The summed E-state index contributed by atoms with van der Waals surface area (Å²) in [6.45, 7) is 3.40. The fraction of sp³-hybridized carbons (Fsp3) is 0.417. The Balaban J connectivity index is 1.61. The largest absolute Gasteiger partial charge is 0.490 e. The summed E-state index contributed by atoms with van der Waals surface area (Å²) in [4.78, 5) is 24.8. The fourth-order valence-corrected chi connectivity index (χ4v) is 4.68. The lowest BCUT2D eigenvalue weighted by Crippen LogP contribution is -2.28. The summed E-state index contributed by atoms with van der Waals surface area (Å²) in [5.41, 5.74) is 0.171. The van der Waals surface area contributed by atoms with E-state index in [1.165, 1.54) is 17.4 Å². The molecule has 0 spiro atoms. The van der Waals surface area contributed by atoms with Crippen LogP contribution in [0.25, 0.3) is 10.6 Å². The second-order valence-electron chi connectivity index (χ2n) is 8.52. The van der Waals surface area contributed by atoms with Crippen LogP contribution in [-0.2, 0) is 6.18 Å². The summed E-state index contributed by atoms with van der Waals surface area (Å²) in [5.74, 6) is -2.39. The van der Waals surface area contributed by atoms with Crippen LogP contribution in [0.1, 0.15) is 71.7 Å². The first kappa shape index (κ1) is 25.0. The molecule has 1 amide bonds. The van der Waals surface area contributed by atoms with Crippen LogP contribution in [0.5, 0.6) is 5.75 Å². The standard InChI is InChI=1S/C24H24F4N4O2S/c1-13-10-29-22(35-13)19-9-17(34-16-6-4-3-5-7-16)8-18(20(19)25)21(33)32-14(2)15-11-30-23(31-12-15)24(26,27)28/h8-12,14,16H,3-7H2,1-2H3,(H,32,33)/t14-/m1/s1. The average molecular weight is 509 g/mol. The molecule has 2 heterocycles. The first-order valence-corrected chi connectivity index (χ1v) is 12.1. The minimum Gasteiger partial charge on any atom is -0.490 e. The SMILES string of the molecule is Cc1cnc(-c2cc(OC3CCCCC3)cc(C(=O)N[C@H](C)c3cnc(C(F)(F)F)nc3)c2F)s1. The van der Waals surface area contributed by atoms with Gasteiger partial charge in [0, 0.05) is 29.0 Å². The van der Waals surface area contributed by atoms with Crippen molar-refractivity contribution in [2.75, 3.05) is 0 Å². The van der Waals surface area contributed by atoms with E-state index in [2.05, 4.69) is 20.3 Å². The van der Waals surface area contributed by atoms with Crippen molar-refractivity contribution in [2.24, 2.45) is 0 Å². The van der Waals surface area contributed by atoms with Gasteiger partial charge >= 0.3 is 6.18 Å². The van der Waals surface area contributed by atoms with Gasteiger partial charge in [-0.2, -0.15) is 13.2 Å². The summed E-state index contributed by atoms with van der Waals surface area (Å²) < 4.78 is 59.8. The number of carbonyl (C=O) groups is 1. The molecule has 35 heavy (non-hydrogen) atoms. The van der Waals surface area contributed by atoms with Crippen LogP contribution in [0.3, 0.4) is 0 Å². The van der Waals surface area contributed by atoms with Gasteiger partial charge in [0.1, 0.15) is 16.6 Å². The van der Waals surface area contributed by atoms with E-state index >= 15 is 4.39 Å². The number of amides is 1. The van der Waals surface area contributed by atoms with Crippen molar-refractivity contribution < 1.29 is 27.1 Å². The number of hydrogen-bond donors (Lipinski definition) is 1. The number of carbonyl (C=O) groups excluding carboxylic acids is 1. The highest BCUT2D eigenvalue weighted by atomic mass is 32.1. The third-order valence-electron chi connectivity index (χ3n) is 5.77. The Labute approximate surface area is 203 Å². The lowest BCUT2D eigenvalue weighted by molar-refractivity contribution is -0.145. The van der Waals surface area contributed by atoms with Gasteiger partial charge in [0.15, 0.2) is 0 Å². The van der Waals surface area contributed by atoms with E-state index in [4.69, 9.17) is 4.74 Å². The Morgan fingerprint density at radius 3 is 2.40 bits per heavy atom. The summed E-state index contributed by atoms with van der Waals surface area (Å²) in [6.07, 6.45) is 3.93. The minimum atomic E-state index is -4.67. The summed E-state index contributed by atoms with van der Waals surface area (Å²) in [5, 5.41) is 3.04. The molecule has 0 aliphatic heterocycles. The predicted molar refractivity (Wildman–Crippen MR) is 123 cm³/mol. The molecule has 0 unspecified atom stereocenters. The highest BCUT2D eigenvalue weighted by Crippen LogP contribution is 2.34. The lowest BCUT2D eigenvalue weighted by atomic mass is 9.97. The third-order valence-corrected chi connectivity index (χ3v) is 6.72. The molecule has 11 heteroatoms. The van der Waals surface area contributed by atoms with Gasteiger partial charge in [0.2, 0.25) is 5.82 Å². The third kappa shape index (κ3) is 5.95. The van der Waals surface area contributed by atoms with Crippen LogP contribution in [0.15, 0.2) is 30.7 Å². The molecule has 1 saturated carbocycles. The van der Waals surface area contributed by atoms with Crippen molar-refractivity contribution in [1.82, 2.24) is 20.3 Å². The Bertz CT molecular complexity index is 1190. The van der Waals surface area contributed by atoms with E-state index in [9.17, 15) is 18.0 Å². The van der Waals surface area contributed by atoms with Gasteiger partial charge in [-0.1, -0.05) is 6.42 Å². The molecule has 1 atom stereocenters. The average Bonchev–Trinajstić information content (AvgIpc) is 3.26. The summed E-state index contributed by atoms with van der Waals surface area (Å²) in [6, 6.07) is 2.16. The number of aryl methyl sites for hydroxylation is 1. The van der Waals surface area contributed by atoms with E-state index in [1.807, 2.05) is 6.92 Å². The molecule has 186 valence electrons. The van der Waals surface area contributed by atoms with Crippen LogP contribution in [-0.4, -0.2) is 27.0 Å². The van der Waals surface area contributed by atoms with Crippen LogP contribution in [0, 0.1) is 12.7 Å². The maximum Gasteiger partial charge on any atom is 0.451 e. The highest BCUT2D eigenvalue weighted by molar-refractivity contribution is 7.14. The Morgan fingerprint density at radius 2 is 1.80 bits per heavy atom. The fourth-order valence-electron chi connectivity index (χ4n) is 3.91. The van der Waals surface area contributed by atoms with Gasteiger partial charge in [-0.3, -0.25) is 4.79 Å². The highest BCUT2D eigenvalue weighted by Gasteiger charge is 2.34. The maximum atomic E-state index is 15.5. The van der Waals surface area contributed by atoms with E-state index in [1.54, 1.807) is 19.2 Å². The van der Waals surface area contributed by atoms with Crippen LogP contribution < -0.4 is 10.1 Å². The second-order valence-corrected chi connectivity index (χ2v) is 9.75. The number of aromatic nitrogens is 3. The van der Waals surface area contributed by atoms with Crippen molar-refractivity contribution in [3.63, 3.8) is 0 Å². The number of halogens is 4. The molecular formula is C24H24F4N4O2S. The van der Waals surface area contributed by atoms with Crippen molar-refractivity contribution in [2.45, 2.75) is 64.3 Å². The molecule has 0 saturated heterocycles. The number of alkyl halides is 3. The van der Waals surface area contributed by atoms with Gasteiger partial charge < -0.3 is 10.1 Å². The first-order valence-electron chi connectivity index (χ1n) is 11.2. The van der Waals surface area contributed by atoms with E-state index in [0.29, 0.717) is 10.8 Å². The molecule has 3 aromatic rings. The number of nitrogens with zero attached hydrogens (tertiary/aromatic N) is 3. The van der Waals surface area contributed by atoms with E-state index in [-0.39, 0.29) is 22.8 Å². The normalized spacial score (nSPS) is 15.6. The van der Waals surface area contributed by atoms with Crippen molar-refractivity contribution in [3.8, 4) is 16.3 Å². The quantitative estimate of drug-likeness (QED) is 0.397. The molecule has 1 aromatic carbocycles. The minimum absolute atomic E-state index is 0.0146. The number of nitrogens with one attached hydrogen (secondary N) is 1. The van der Waals surface area contributed by atoms with Crippen LogP contribution >= 0.6 is 11.3 Å². The Hall–Kier alpha value is -3.08. The van der Waals surface area contributed by atoms with Gasteiger partial charge in [0.25, 0.3) is 5.91 Å². The van der Waals surface area contributed by atoms with Crippen molar-refractivity contribution in [1.29, 1.82) is 0 Å². The molecule has 4 rings (SSSR count). The molecule has 1 aliphatic carbocycles.